The molecule has 1 fully saturated rings. The molecule has 0 bridgehead atoms. The van der Waals surface area contributed by atoms with Crippen LogP contribution in [0.5, 0.6) is 0 Å². The van der Waals surface area contributed by atoms with E-state index in [9.17, 15) is 9.59 Å². The fourth-order valence-corrected chi connectivity index (χ4v) is 2.90. The third-order valence-corrected chi connectivity index (χ3v) is 4.10. The number of anilines is 1. The minimum absolute atomic E-state index is 0.0224. The molecule has 2 amide bonds. The molecule has 1 aliphatic rings. The Morgan fingerprint density at radius 2 is 2.23 bits per heavy atom. The number of carbonyl (C=O) groups excluding carboxylic acids is 2. The van der Waals surface area contributed by atoms with Crippen molar-refractivity contribution in [3.8, 4) is 0 Å². The van der Waals surface area contributed by atoms with Gasteiger partial charge in [0.05, 0.1) is 18.7 Å². The number of furan rings is 1. The molecule has 1 saturated heterocycles. The lowest BCUT2D eigenvalue weighted by molar-refractivity contribution is -0.128. The smallest absolute Gasteiger partial charge is 0.229 e. The predicted molar refractivity (Wildman–Crippen MR) is 85.0 cm³/mol. The summed E-state index contributed by atoms with van der Waals surface area (Å²) in [6, 6.07) is 11.0. The van der Waals surface area contributed by atoms with Crippen LogP contribution < -0.4 is 5.32 Å². The van der Waals surface area contributed by atoms with Gasteiger partial charge in [-0.25, -0.2) is 0 Å². The molecule has 1 aromatic carbocycles. The SMILES string of the molecule is O=C(Nc1cccc(Br)c1)[C@@H]1CC(=O)N(Cc2ccco2)C1. The second-order valence-corrected chi connectivity index (χ2v) is 6.17. The van der Waals surface area contributed by atoms with Crippen molar-refractivity contribution in [2.45, 2.75) is 13.0 Å². The van der Waals surface area contributed by atoms with Crippen molar-refractivity contribution in [2.75, 3.05) is 11.9 Å². The van der Waals surface area contributed by atoms with Gasteiger partial charge in [0, 0.05) is 23.1 Å². The van der Waals surface area contributed by atoms with Gasteiger partial charge in [-0.05, 0) is 30.3 Å². The number of nitrogens with one attached hydrogen (secondary N) is 1. The Labute approximate surface area is 136 Å². The molecular formula is C16H15BrN2O3. The van der Waals surface area contributed by atoms with Crippen LogP contribution in [-0.4, -0.2) is 23.3 Å². The summed E-state index contributed by atoms with van der Waals surface area (Å²) in [5, 5.41) is 2.85. The summed E-state index contributed by atoms with van der Waals surface area (Å²) >= 11 is 3.36. The number of halogens is 1. The van der Waals surface area contributed by atoms with Crippen molar-refractivity contribution in [3.63, 3.8) is 0 Å². The van der Waals surface area contributed by atoms with Gasteiger partial charge >= 0.3 is 0 Å². The summed E-state index contributed by atoms with van der Waals surface area (Å²) in [7, 11) is 0. The van der Waals surface area contributed by atoms with Crippen molar-refractivity contribution >= 4 is 33.4 Å². The summed E-state index contributed by atoms with van der Waals surface area (Å²) in [6.45, 7) is 0.825. The van der Waals surface area contributed by atoms with Gasteiger partial charge in [0.2, 0.25) is 11.8 Å². The van der Waals surface area contributed by atoms with E-state index < -0.39 is 0 Å². The Kier molecular flexibility index (Phi) is 4.29. The average Bonchev–Trinajstić information content (AvgIpc) is 3.10. The molecule has 3 rings (SSSR count). The maximum Gasteiger partial charge on any atom is 0.229 e. The zero-order valence-corrected chi connectivity index (χ0v) is 13.4. The molecular weight excluding hydrogens is 348 g/mol. The lowest BCUT2D eigenvalue weighted by atomic mass is 10.1. The zero-order chi connectivity index (χ0) is 15.5. The number of hydrogen-bond donors (Lipinski definition) is 1. The van der Waals surface area contributed by atoms with E-state index in [1.165, 1.54) is 0 Å². The van der Waals surface area contributed by atoms with Crippen molar-refractivity contribution in [1.82, 2.24) is 4.90 Å². The molecule has 0 saturated carbocycles. The van der Waals surface area contributed by atoms with Crippen molar-refractivity contribution in [2.24, 2.45) is 5.92 Å². The van der Waals surface area contributed by atoms with Crippen LogP contribution in [0, 0.1) is 5.92 Å². The first-order valence-electron chi connectivity index (χ1n) is 6.98. The van der Waals surface area contributed by atoms with Gasteiger partial charge in [-0.15, -0.1) is 0 Å². The summed E-state index contributed by atoms with van der Waals surface area (Å²) in [4.78, 5) is 26.0. The van der Waals surface area contributed by atoms with Crippen LogP contribution in [0.4, 0.5) is 5.69 Å². The molecule has 1 aliphatic heterocycles. The zero-order valence-electron chi connectivity index (χ0n) is 11.8. The first kappa shape index (κ1) is 14.8. The number of hydrogen-bond acceptors (Lipinski definition) is 3. The first-order valence-corrected chi connectivity index (χ1v) is 7.78. The molecule has 0 spiro atoms. The van der Waals surface area contributed by atoms with Crippen molar-refractivity contribution in [1.29, 1.82) is 0 Å². The minimum Gasteiger partial charge on any atom is -0.467 e. The second-order valence-electron chi connectivity index (χ2n) is 5.25. The third-order valence-electron chi connectivity index (χ3n) is 3.60. The lowest BCUT2D eigenvalue weighted by Crippen LogP contribution is -2.27. The van der Waals surface area contributed by atoms with Crippen LogP contribution in [0.25, 0.3) is 0 Å². The molecule has 1 aromatic heterocycles. The van der Waals surface area contributed by atoms with Gasteiger partial charge < -0.3 is 14.6 Å². The number of carbonyl (C=O) groups is 2. The van der Waals surface area contributed by atoms with Gasteiger partial charge in [-0.1, -0.05) is 22.0 Å². The van der Waals surface area contributed by atoms with Gasteiger partial charge in [0.1, 0.15) is 5.76 Å². The molecule has 0 radical (unpaired) electrons. The van der Waals surface area contributed by atoms with Crippen LogP contribution in [0.1, 0.15) is 12.2 Å². The molecule has 0 aliphatic carbocycles. The quantitative estimate of drug-likeness (QED) is 0.908. The molecule has 6 heteroatoms. The molecule has 2 aromatic rings. The third kappa shape index (κ3) is 3.39. The molecule has 22 heavy (non-hydrogen) atoms. The summed E-state index contributed by atoms with van der Waals surface area (Å²) in [5.74, 6) is 0.238. The normalized spacial score (nSPS) is 17.8. The minimum atomic E-state index is -0.332. The number of amides is 2. The molecule has 0 unspecified atom stereocenters. The fraction of sp³-hybridized carbons (Fsp3) is 0.250. The second kappa shape index (κ2) is 6.36. The monoisotopic (exact) mass is 362 g/mol. The average molecular weight is 363 g/mol. The number of benzene rings is 1. The predicted octanol–water partition coefficient (Wildman–Crippen LogP) is 3.03. The summed E-state index contributed by atoms with van der Waals surface area (Å²) in [6.07, 6.45) is 1.81. The van der Waals surface area contributed by atoms with Crippen LogP contribution in [0.3, 0.4) is 0 Å². The van der Waals surface area contributed by atoms with Crippen LogP contribution in [0.2, 0.25) is 0 Å². The molecule has 1 N–H and O–H groups in total. The van der Waals surface area contributed by atoms with Crippen LogP contribution in [0.15, 0.2) is 51.6 Å². The van der Waals surface area contributed by atoms with Crippen LogP contribution >= 0.6 is 15.9 Å². The highest BCUT2D eigenvalue weighted by molar-refractivity contribution is 9.10. The van der Waals surface area contributed by atoms with E-state index in [0.717, 1.165) is 15.9 Å². The van der Waals surface area contributed by atoms with E-state index in [0.29, 0.717) is 13.1 Å². The summed E-state index contributed by atoms with van der Waals surface area (Å²) in [5.41, 5.74) is 0.719. The topological polar surface area (TPSA) is 62.6 Å². The van der Waals surface area contributed by atoms with E-state index in [4.69, 9.17) is 4.42 Å². The van der Waals surface area contributed by atoms with Gasteiger partial charge in [0.25, 0.3) is 0 Å². The molecule has 2 heterocycles. The van der Waals surface area contributed by atoms with Gasteiger partial charge in [-0.3, -0.25) is 9.59 Å². The lowest BCUT2D eigenvalue weighted by Gasteiger charge is -2.15. The number of likely N-dealkylation sites (tertiary alicyclic amines) is 1. The number of nitrogens with zero attached hydrogens (tertiary/aromatic N) is 1. The van der Waals surface area contributed by atoms with Gasteiger partial charge in [-0.2, -0.15) is 0 Å². The molecule has 1 atom stereocenters. The maximum absolute atomic E-state index is 12.3. The molecule has 5 nitrogen and oxygen atoms in total. The van der Waals surface area contributed by atoms with Gasteiger partial charge in [0.15, 0.2) is 0 Å². The molecule has 114 valence electrons. The van der Waals surface area contributed by atoms with Crippen molar-refractivity contribution in [3.05, 3.63) is 52.9 Å². The first-order chi connectivity index (χ1) is 10.6. The Balaban J connectivity index is 1.61. The Hall–Kier alpha value is -2.08. The summed E-state index contributed by atoms with van der Waals surface area (Å²) < 4.78 is 6.14. The Morgan fingerprint density at radius 3 is 2.95 bits per heavy atom. The van der Waals surface area contributed by atoms with Crippen molar-refractivity contribution < 1.29 is 14.0 Å². The highest BCUT2D eigenvalue weighted by Crippen LogP contribution is 2.23. The van der Waals surface area contributed by atoms with E-state index in [-0.39, 0.29) is 24.2 Å². The maximum atomic E-state index is 12.3. The highest BCUT2D eigenvalue weighted by atomic mass is 79.9. The Bertz CT molecular complexity index is 684. The van der Waals surface area contributed by atoms with E-state index in [1.54, 1.807) is 17.2 Å². The Morgan fingerprint density at radius 1 is 1.36 bits per heavy atom. The van der Waals surface area contributed by atoms with Crippen LogP contribution in [-0.2, 0) is 16.1 Å². The largest absolute Gasteiger partial charge is 0.467 e. The van der Waals surface area contributed by atoms with E-state index in [2.05, 4.69) is 21.2 Å². The fourth-order valence-electron chi connectivity index (χ4n) is 2.50. The number of rotatable bonds is 4. The standard InChI is InChI=1S/C16H15BrN2O3/c17-12-3-1-4-13(8-12)18-16(21)11-7-15(20)19(9-11)10-14-5-2-6-22-14/h1-6,8,11H,7,9-10H2,(H,18,21)/t11-/m1/s1. The highest BCUT2D eigenvalue weighted by Gasteiger charge is 2.34. The van der Waals surface area contributed by atoms with E-state index >= 15 is 0 Å². The van der Waals surface area contributed by atoms with E-state index in [1.807, 2.05) is 30.3 Å².